The van der Waals surface area contributed by atoms with E-state index < -0.39 is 10.0 Å². The molecule has 1 fully saturated rings. The number of hydrogen-bond donors (Lipinski definition) is 2. The zero-order valence-electron chi connectivity index (χ0n) is 18.1. The Morgan fingerprint density at radius 2 is 1.55 bits per heavy atom. The van der Waals surface area contributed by atoms with Gasteiger partial charge in [0.05, 0.1) is 4.90 Å². The summed E-state index contributed by atoms with van der Waals surface area (Å²) in [6.07, 6.45) is 0.979. The van der Waals surface area contributed by atoms with Crippen LogP contribution in [0.25, 0.3) is 0 Å². The first kappa shape index (κ1) is 23.4. The van der Waals surface area contributed by atoms with Gasteiger partial charge in [-0.3, -0.25) is 14.6 Å². The van der Waals surface area contributed by atoms with Gasteiger partial charge in [-0.15, -0.1) is 0 Å². The lowest BCUT2D eigenvalue weighted by atomic mass is 10.1. The molecule has 7 nitrogen and oxygen atoms in total. The fourth-order valence-electron chi connectivity index (χ4n) is 3.67. The zero-order chi connectivity index (χ0) is 22.1. The van der Waals surface area contributed by atoms with Crippen LogP contribution in [0.5, 0.6) is 0 Å². The number of amides is 1. The molecular weight excluding hydrogens is 412 g/mol. The molecule has 2 N–H and O–H groups in total. The highest BCUT2D eigenvalue weighted by atomic mass is 32.2. The SMILES string of the molecule is CNS(=O)(=O)c1ccc(CCC(=O)NCCN2CCN(Cc3ccccc3)CC2)cc1. The van der Waals surface area contributed by atoms with Crippen LogP contribution in [-0.4, -0.2) is 70.4 Å². The Kier molecular flexibility index (Phi) is 8.60. The summed E-state index contributed by atoms with van der Waals surface area (Å²) in [5.74, 6) is 0.0228. The Balaban J connectivity index is 1.30. The molecule has 31 heavy (non-hydrogen) atoms. The van der Waals surface area contributed by atoms with Crippen molar-refractivity contribution in [2.24, 2.45) is 0 Å². The van der Waals surface area contributed by atoms with Crippen LogP contribution in [-0.2, 0) is 27.8 Å². The van der Waals surface area contributed by atoms with Crippen molar-refractivity contribution in [3.8, 4) is 0 Å². The first-order chi connectivity index (χ1) is 15.0. The van der Waals surface area contributed by atoms with Gasteiger partial charge in [0.2, 0.25) is 15.9 Å². The molecule has 0 spiro atoms. The maximum absolute atomic E-state index is 12.1. The number of aryl methyl sites for hydroxylation is 1. The van der Waals surface area contributed by atoms with Crippen molar-refractivity contribution < 1.29 is 13.2 Å². The van der Waals surface area contributed by atoms with Crippen molar-refractivity contribution >= 4 is 15.9 Å². The smallest absolute Gasteiger partial charge is 0.240 e. The van der Waals surface area contributed by atoms with Gasteiger partial charge >= 0.3 is 0 Å². The molecule has 1 saturated heterocycles. The average Bonchev–Trinajstić information content (AvgIpc) is 2.80. The zero-order valence-corrected chi connectivity index (χ0v) is 18.9. The van der Waals surface area contributed by atoms with Crippen LogP contribution in [0.3, 0.4) is 0 Å². The molecule has 0 atom stereocenters. The number of hydrogen-bond acceptors (Lipinski definition) is 5. The number of carbonyl (C=O) groups excluding carboxylic acids is 1. The molecule has 0 aromatic heterocycles. The maximum Gasteiger partial charge on any atom is 0.240 e. The number of sulfonamides is 1. The van der Waals surface area contributed by atoms with E-state index in [1.807, 2.05) is 6.07 Å². The highest BCUT2D eigenvalue weighted by Gasteiger charge is 2.17. The normalized spacial score (nSPS) is 15.6. The summed E-state index contributed by atoms with van der Waals surface area (Å²) in [6.45, 7) is 6.63. The molecular formula is C23H32N4O3S. The molecule has 168 valence electrons. The van der Waals surface area contributed by atoms with Crippen LogP contribution >= 0.6 is 0 Å². The third-order valence-corrected chi connectivity index (χ3v) is 7.04. The Labute approximate surface area is 185 Å². The molecule has 1 aliphatic rings. The fourth-order valence-corrected chi connectivity index (χ4v) is 4.40. The van der Waals surface area contributed by atoms with Crippen molar-refractivity contribution in [3.05, 3.63) is 65.7 Å². The van der Waals surface area contributed by atoms with Gasteiger partial charge in [-0.2, -0.15) is 0 Å². The van der Waals surface area contributed by atoms with E-state index in [9.17, 15) is 13.2 Å². The number of piperazine rings is 1. The average molecular weight is 445 g/mol. The predicted molar refractivity (Wildman–Crippen MR) is 122 cm³/mol. The second kappa shape index (κ2) is 11.4. The summed E-state index contributed by atoms with van der Waals surface area (Å²) in [5, 5.41) is 3.00. The number of nitrogens with one attached hydrogen (secondary N) is 2. The van der Waals surface area contributed by atoms with Crippen LogP contribution in [0.1, 0.15) is 17.5 Å². The summed E-state index contributed by atoms with van der Waals surface area (Å²) in [5.41, 5.74) is 2.29. The quantitative estimate of drug-likeness (QED) is 0.580. The van der Waals surface area contributed by atoms with Gasteiger partial charge in [0.1, 0.15) is 0 Å². The van der Waals surface area contributed by atoms with E-state index in [1.54, 1.807) is 24.3 Å². The summed E-state index contributed by atoms with van der Waals surface area (Å²) in [6, 6.07) is 17.2. The first-order valence-electron chi connectivity index (χ1n) is 10.7. The van der Waals surface area contributed by atoms with Gasteiger partial charge < -0.3 is 5.32 Å². The molecule has 3 rings (SSSR count). The van der Waals surface area contributed by atoms with Gasteiger partial charge in [0, 0.05) is 52.2 Å². The van der Waals surface area contributed by atoms with Gasteiger partial charge in [-0.05, 0) is 36.7 Å². The van der Waals surface area contributed by atoms with Crippen molar-refractivity contribution in [1.29, 1.82) is 0 Å². The molecule has 1 amide bonds. The van der Waals surface area contributed by atoms with Crippen molar-refractivity contribution in [2.45, 2.75) is 24.3 Å². The largest absolute Gasteiger partial charge is 0.355 e. The molecule has 1 aliphatic heterocycles. The van der Waals surface area contributed by atoms with Gasteiger partial charge in [-0.1, -0.05) is 42.5 Å². The Morgan fingerprint density at radius 1 is 0.903 bits per heavy atom. The van der Waals surface area contributed by atoms with Gasteiger partial charge in [0.15, 0.2) is 0 Å². The van der Waals surface area contributed by atoms with E-state index in [2.05, 4.69) is 44.1 Å². The lowest BCUT2D eigenvalue weighted by Gasteiger charge is -2.34. The molecule has 0 aliphatic carbocycles. The number of benzene rings is 2. The third kappa shape index (κ3) is 7.43. The van der Waals surface area contributed by atoms with E-state index in [-0.39, 0.29) is 10.8 Å². The standard InChI is InChI=1S/C23H32N4O3S/c1-24-31(29,30)22-10-7-20(8-11-22)9-12-23(28)25-13-14-26-15-17-27(18-16-26)19-21-5-3-2-4-6-21/h2-8,10-11,24H,9,12-19H2,1H3,(H,25,28). The summed E-state index contributed by atoms with van der Waals surface area (Å²) < 4.78 is 25.8. The fraction of sp³-hybridized carbons (Fsp3) is 0.435. The van der Waals surface area contributed by atoms with Crippen LogP contribution < -0.4 is 10.0 Å². The van der Waals surface area contributed by atoms with Gasteiger partial charge in [-0.25, -0.2) is 13.1 Å². The number of carbonyl (C=O) groups is 1. The Bertz CT molecular complexity index is 925. The highest BCUT2D eigenvalue weighted by molar-refractivity contribution is 7.89. The lowest BCUT2D eigenvalue weighted by Crippen LogP contribution is -2.48. The monoisotopic (exact) mass is 444 g/mol. The number of nitrogens with zero attached hydrogens (tertiary/aromatic N) is 2. The minimum absolute atomic E-state index is 0.0228. The molecule has 0 saturated carbocycles. The van der Waals surface area contributed by atoms with E-state index in [0.29, 0.717) is 19.4 Å². The van der Waals surface area contributed by atoms with Crippen LogP contribution in [0, 0.1) is 0 Å². The Hall–Kier alpha value is -2.26. The minimum atomic E-state index is -3.43. The van der Waals surface area contributed by atoms with Crippen LogP contribution in [0.4, 0.5) is 0 Å². The maximum atomic E-state index is 12.1. The van der Waals surface area contributed by atoms with Crippen LogP contribution in [0.15, 0.2) is 59.5 Å². The molecule has 8 heteroatoms. The molecule has 1 heterocycles. The minimum Gasteiger partial charge on any atom is -0.355 e. The van der Waals surface area contributed by atoms with Gasteiger partial charge in [0.25, 0.3) is 0 Å². The summed E-state index contributed by atoms with van der Waals surface area (Å²) in [7, 11) is -2.04. The van der Waals surface area contributed by atoms with E-state index in [4.69, 9.17) is 0 Å². The van der Waals surface area contributed by atoms with Crippen molar-refractivity contribution in [1.82, 2.24) is 19.8 Å². The second-order valence-corrected chi connectivity index (χ2v) is 9.69. The predicted octanol–water partition coefficient (Wildman–Crippen LogP) is 1.46. The van der Waals surface area contributed by atoms with Crippen molar-refractivity contribution in [3.63, 3.8) is 0 Å². The molecule has 0 radical (unpaired) electrons. The Morgan fingerprint density at radius 3 is 2.19 bits per heavy atom. The summed E-state index contributed by atoms with van der Waals surface area (Å²) in [4.78, 5) is 17.2. The molecule has 2 aromatic rings. The topological polar surface area (TPSA) is 81.7 Å². The van der Waals surface area contributed by atoms with E-state index >= 15 is 0 Å². The molecule has 2 aromatic carbocycles. The summed E-state index contributed by atoms with van der Waals surface area (Å²) >= 11 is 0. The molecule has 0 bridgehead atoms. The van der Waals surface area contributed by atoms with E-state index in [0.717, 1.165) is 44.8 Å². The number of rotatable bonds is 10. The highest BCUT2D eigenvalue weighted by Crippen LogP contribution is 2.11. The lowest BCUT2D eigenvalue weighted by molar-refractivity contribution is -0.121. The van der Waals surface area contributed by atoms with Crippen LogP contribution in [0.2, 0.25) is 0 Å². The van der Waals surface area contributed by atoms with E-state index in [1.165, 1.54) is 12.6 Å². The van der Waals surface area contributed by atoms with Crippen molar-refractivity contribution in [2.75, 3.05) is 46.3 Å². The second-order valence-electron chi connectivity index (χ2n) is 7.80. The first-order valence-corrected chi connectivity index (χ1v) is 12.2. The third-order valence-electron chi connectivity index (χ3n) is 5.61. The molecule has 0 unspecified atom stereocenters.